The molecule has 9 nitrogen and oxygen atoms in total. The van der Waals surface area contributed by atoms with Crippen molar-refractivity contribution < 1.29 is 41.1 Å². The van der Waals surface area contributed by atoms with E-state index in [4.69, 9.17) is 15.6 Å². The fourth-order valence-corrected chi connectivity index (χ4v) is 5.48. The molecule has 1 atom stereocenters. The minimum Gasteiger partial charge on any atom is -0.475 e. The number of benzene rings is 2. The molecule has 0 aliphatic heterocycles. The third kappa shape index (κ3) is 9.20. The van der Waals surface area contributed by atoms with Gasteiger partial charge in [0.25, 0.3) is 10.0 Å². The van der Waals surface area contributed by atoms with Gasteiger partial charge in [0.05, 0.1) is 4.90 Å². The molecule has 0 heterocycles. The van der Waals surface area contributed by atoms with E-state index in [1.165, 1.54) is 12.1 Å². The Labute approximate surface area is 225 Å². The Bertz CT molecular complexity index is 1260. The lowest BCUT2D eigenvalue weighted by molar-refractivity contribution is -0.192. The highest BCUT2D eigenvalue weighted by Gasteiger charge is 2.38. The molecule has 0 spiro atoms. The van der Waals surface area contributed by atoms with Crippen LogP contribution in [0.1, 0.15) is 46.0 Å². The minimum absolute atomic E-state index is 0.00206. The number of halogens is 3. The Morgan fingerprint density at radius 3 is 2.08 bits per heavy atom. The average Bonchev–Trinajstić information content (AvgIpc) is 2.88. The first-order valence-electron chi connectivity index (χ1n) is 12.6. The maximum Gasteiger partial charge on any atom is 0.490 e. The molecule has 0 radical (unpaired) electrons. The zero-order valence-electron chi connectivity index (χ0n) is 21.8. The molecule has 4 N–H and O–H groups in total. The van der Waals surface area contributed by atoms with E-state index >= 15 is 0 Å². The van der Waals surface area contributed by atoms with Crippen LogP contribution in [-0.4, -0.2) is 61.5 Å². The second-order valence-corrected chi connectivity index (χ2v) is 11.0. The van der Waals surface area contributed by atoms with Crippen LogP contribution in [-0.2, 0) is 24.4 Å². The SMILES string of the molecule is CCN(CC)C(=O)C(CC1CCC(N)CC1)C(=O)NS(=O)(=O)c1ccc2ccccc2c1.O=C(O)C(F)(F)F. The van der Waals surface area contributed by atoms with Crippen LogP contribution in [0.15, 0.2) is 47.4 Å². The van der Waals surface area contributed by atoms with Crippen molar-refractivity contribution in [2.24, 2.45) is 17.6 Å². The summed E-state index contributed by atoms with van der Waals surface area (Å²) >= 11 is 0. The van der Waals surface area contributed by atoms with E-state index in [1.807, 2.05) is 38.1 Å². The van der Waals surface area contributed by atoms with Gasteiger partial charge in [-0.3, -0.25) is 9.59 Å². The number of hydrogen-bond acceptors (Lipinski definition) is 6. The van der Waals surface area contributed by atoms with Crippen LogP contribution >= 0.6 is 0 Å². The van der Waals surface area contributed by atoms with Crippen LogP contribution in [0.5, 0.6) is 0 Å². The lowest BCUT2D eigenvalue weighted by atomic mass is 9.80. The lowest BCUT2D eigenvalue weighted by Crippen LogP contribution is -2.46. The quantitative estimate of drug-likeness (QED) is 0.408. The van der Waals surface area contributed by atoms with Crippen molar-refractivity contribution in [3.05, 3.63) is 42.5 Å². The first-order chi connectivity index (χ1) is 18.2. The minimum atomic E-state index is -5.08. The van der Waals surface area contributed by atoms with Crippen LogP contribution in [0.25, 0.3) is 10.8 Å². The molecular weight excluding hydrogens is 539 g/mol. The summed E-state index contributed by atoms with van der Waals surface area (Å²) in [6, 6.07) is 12.3. The number of rotatable bonds is 8. The molecule has 0 bridgehead atoms. The summed E-state index contributed by atoms with van der Waals surface area (Å²) < 4.78 is 59.9. The van der Waals surface area contributed by atoms with Crippen LogP contribution in [0, 0.1) is 11.8 Å². The van der Waals surface area contributed by atoms with E-state index in [0.717, 1.165) is 36.5 Å². The molecule has 2 aromatic carbocycles. The van der Waals surface area contributed by atoms with Gasteiger partial charge in [0.2, 0.25) is 11.8 Å². The fourth-order valence-electron chi connectivity index (χ4n) is 4.43. The van der Waals surface area contributed by atoms with Crippen molar-refractivity contribution in [1.82, 2.24) is 9.62 Å². The molecule has 0 saturated heterocycles. The molecule has 2 aromatic rings. The monoisotopic (exact) mass is 573 g/mol. The molecule has 1 unspecified atom stereocenters. The summed E-state index contributed by atoms with van der Waals surface area (Å²) in [5, 5.41) is 8.79. The van der Waals surface area contributed by atoms with Gasteiger partial charge in [-0.05, 0) is 74.8 Å². The van der Waals surface area contributed by atoms with Gasteiger partial charge in [0, 0.05) is 19.1 Å². The number of nitrogens with one attached hydrogen (secondary N) is 1. The number of hydrogen-bond donors (Lipinski definition) is 3. The lowest BCUT2D eigenvalue weighted by Gasteiger charge is -2.30. The Morgan fingerprint density at radius 2 is 1.56 bits per heavy atom. The normalized spacial score (nSPS) is 18.4. The number of nitrogens with zero attached hydrogens (tertiary/aromatic N) is 1. The van der Waals surface area contributed by atoms with Crippen molar-refractivity contribution in [2.75, 3.05) is 13.1 Å². The van der Waals surface area contributed by atoms with E-state index in [9.17, 15) is 31.2 Å². The summed E-state index contributed by atoms with van der Waals surface area (Å²) in [6.07, 6.45) is -1.36. The van der Waals surface area contributed by atoms with Gasteiger partial charge in [0.15, 0.2) is 0 Å². The van der Waals surface area contributed by atoms with Crippen LogP contribution in [0.3, 0.4) is 0 Å². The van der Waals surface area contributed by atoms with Crippen LogP contribution < -0.4 is 10.5 Å². The van der Waals surface area contributed by atoms with Gasteiger partial charge in [0.1, 0.15) is 5.92 Å². The van der Waals surface area contributed by atoms with E-state index in [1.54, 1.807) is 11.0 Å². The molecule has 1 fully saturated rings. The fraction of sp³-hybridized carbons (Fsp3) is 0.500. The summed E-state index contributed by atoms with van der Waals surface area (Å²) in [7, 11) is -4.11. The molecule has 13 heteroatoms. The number of sulfonamides is 1. The van der Waals surface area contributed by atoms with Gasteiger partial charge in [-0.1, -0.05) is 30.3 Å². The highest BCUT2D eigenvalue weighted by atomic mass is 32.2. The Kier molecular flexibility index (Phi) is 11.3. The molecule has 1 saturated carbocycles. The highest BCUT2D eigenvalue weighted by Crippen LogP contribution is 2.30. The summed E-state index contributed by atoms with van der Waals surface area (Å²) in [6.45, 7) is 4.63. The number of carboxylic acids is 1. The number of amides is 2. The van der Waals surface area contributed by atoms with Gasteiger partial charge in [-0.25, -0.2) is 17.9 Å². The topological polar surface area (TPSA) is 147 Å². The Balaban J connectivity index is 0.000000673. The van der Waals surface area contributed by atoms with Crippen molar-refractivity contribution in [1.29, 1.82) is 0 Å². The largest absolute Gasteiger partial charge is 0.490 e. The first-order valence-corrected chi connectivity index (χ1v) is 14.1. The number of nitrogens with two attached hydrogens (primary N) is 1. The van der Waals surface area contributed by atoms with E-state index in [0.29, 0.717) is 19.5 Å². The van der Waals surface area contributed by atoms with Crippen molar-refractivity contribution >= 4 is 38.6 Å². The smallest absolute Gasteiger partial charge is 0.475 e. The maximum absolute atomic E-state index is 13.1. The standard InChI is InChI=1S/C24H33N3O4S.C2HF3O2/c1-3-27(4-2)24(29)22(15-17-9-12-20(25)13-10-17)23(28)26-32(30,31)21-14-11-18-7-5-6-8-19(18)16-21;3-2(4,5)1(6)7/h5-8,11,14,16-17,20,22H,3-4,9-10,12-13,15,25H2,1-2H3,(H,26,28);(H,6,7). The predicted molar refractivity (Wildman–Crippen MR) is 139 cm³/mol. The highest BCUT2D eigenvalue weighted by molar-refractivity contribution is 7.90. The van der Waals surface area contributed by atoms with E-state index in [-0.39, 0.29) is 22.8 Å². The number of fused-ring (bicyclic) bond motifs is 1. The molecule has 0 aromatic heterocycles. The Hall–Kier alpha value is -3.19. The van der Waals surface area contributed by atoms with E-state index < -0.39 is 34.0 Å². The number of carbonyl (C=O) groups excluding carboxylic acids is 2. The number of carbonyl (C=O) groups is 3. The molecular formula is C26H34F3N3O6S. The molecule has 1 aliphatic carbocycles. The Morgan fingerprint density at radius 1 is 1.03 bits per heavy atom. The van der Waals surface area contributed by atoms with Gasteiger partial charge >= 0.3 is 12.1 Å². The molecule has 1 aliphatic rings. The zero-order chi connectivity index (χ0) is 29.4. The third-order valence-electron chi connectivity index (χ3n) is 6.66. The molecule has 3 rings (SSSR count). The molecule has 2 amide bonds. The summed E-state index contributed by atoms with van der Waals surface area (Å²) in [5.41, 5.74) is 5.99. The molecule has 39 heavy (non-hydrogen) atoms. The van der Waals surface area contributed by atoms with E-state index in [2.05, 4.69) is 4.72 Å². The summed E-state index contributed by atoms with van der Waals surface area (Å²) in [4.78, 5) is 36.8. The number of aliphatic carboxylic acids is 1. The number of alkyl halides is 3. The van der Waals surface area contributed by atoms with Gasteiger partial charge < -0.3 is 15.7 Å². The predicted octanol–water partition coefficient (Wildman–Crippen LogP) is 3.67. The van der Waals surface area contributed by atoms with Crippen LogP contribution in [0.4, 0.5) is 13.2 Å². The summed E-state index contributed by atoms with van der Waals surface area (Å²) in [5.74, 6) is -4.70. The number of carboxylic acid groups (broad SMARTS) is 1. The van der Waals surface area contributed by atoms with Crippen LogP contribution in [0.2, 0.25) is 0 Å². The first kappa shape index (κ1) is 32.0. The van der Waals surface area contributed by atoms with Crippen molar-refractivity contribution in [2.45, 2.75) is 63.1 Å². The average molecular weight is 574 g/mol. The zero-order valence-corrected chi connectivity index (χ0v) is 22.6. The maximum atomic E-state index is 13.1. The van der Waals surface area contributed by atoms with Gasteiger partial charge in [-0.2, -0.15) is 13.2 Å². The second kappa shape index (κ2) is 13.7. The van der Waals surface area contributed by atoms with Gasteiger partial charge in [-0.15, -0.1) is 0 Å². The van der Waals surface area contributed by atoms with Crippen molar-refractivity contribution in [3.8, 4) is 0 Å². The third-order valence-corrected chi connectivity index (χ3v) is 8.00. The molecule has 216 valence electrons. The van der Waals surface area contributed by atoms with Crippen molar-refractivity contribution in [3.63, 3.8) is 0 Å². The second-order valence-electron chi connectivity index (χ2n) is 9.36.